The van der Waals surface area contributed by atoms with Crippen molar-refractivity contribution >= 4 is 34.0 Å². The summed E-state index contributed by atoms with van der Waals surface area (Å²) in [5.41, 5.74) is 4.44. The molecule has 0 saturated carbocycles. The fourth-order valence-corrected chi connectivity index (χ4v) is 3.95. The molecule has 0 unspecified atom stereocenters. The molecule has 180 valence electrons. The predicted octanol–water partition coefficient (Wildman–Crippen LogP) is 5.62. The van der Waals surface area contributed by atoms with E-state index in [1.807, 2.05) is 84.9 Å². The standard InChI is InChI=1S/C29H22N6O2/c1-3-7-25-21(5-1)11-13-23(30-25)18-36-27-15-9-20(10-16-29-32-34-35-33-29)17-28(27)37-19-24-14-12-22-6-2-4-8-26(22)31-24/h1-17H,18-19H2,(H,32,33,34,35). The molecule has 37 heavy (non-hydrogen) atoms. The Morgan fingerprint density at radius 1 is 0.649 bits per heavy atom. The summed E-state index contributed by atoms with van der Waals surface area (Å²) in [4.78, 5) is 9.43. The van der Waals surface area contributed by atoms with Crippen LogP contribution in [0.2, 0.25) is 0 Å². The lowest BCUT2D eigenvalue weighted by Crippen LogP contribution is -2.03. The van der Waals surface area contributed by atoms with Gasteiger partial charge in [-0.05, 0) is 58.5 Å². The number of rotatable bonds is 8. The maximum absolute atomic E-state index is 6.22. The van der Waals surface area contributed by atoms with Crippen molar-refractivity contribution in [2.45, 2.75) is 13.2 Å². The molecule has 6 rings (SSSR count). The third-order valence-electron chi connectivity index (χ3n) is 5.83. The van der Waals surface area contributed by atoms with Gasteiger partial charge in [0.25, 0.3) is 0 Å². The maximum Gasteiger partial charge on any atom is 0.172 e. The lowest BCUT2D eigenvalue weighted by Gasteiger charge is -2.14. The zero-order chi connectivity index (χ0) is 24.9. The second-order valence-electron chi connectivity index (χ2n) is 8.39. The van der Waals surface area contributed by atoms with Crippen LogP contribution < -0.4 is 9.47 Å². The predicted molar refractivity (Wildman–Crippen MR) is 142 cm³/mol. The molecule has 8 nitrogen and oxygen atoms in total. The van der Waals surface area contributed by atoms with E-state index in [9.17, 15) is 0 Å². The van der Waals surface area contributed by atoms with Crippen LogP contribution in [-0.2, 0) is 13.2 Å². The van der Waals surface area contributed by atoms with Crippen LogP contribution >= 0.6 is 0 Å². The molecule has 0 amide bonds. The first-order chi connectivity index (χ1) is 18.3. The SMILES string of the molecule is C(=Cc1nnn[nH]1)c1ccc(OCc2ccc3ccccc3n2)c(OCc2ccc3ccccc3n2)c1. The van der Waals surface area contributed by atoms with E-state index in [1.165, 1.54) is 0 Å². The summed E-state index contributed by atoms with van der Waals surface area (Å²) in [6, 6.07) is 29.9. The lowest BCUT2D eigenvalue weighted by atomic mass is 10.2. The normalized spacial score (nSPS) is 11.4. The first-order valence-corrected chi connectivity index (χ1v) is 11.8. The van der Waals surface area contributed by atoms with Gasteiger partial charge in [-0.2, -0.15) is 0 Å². The zero-order valence-corrected chi connectivity index (χ0v) is 19.8. The molecule has 0 aliphatic carbocycles. The molecule has 0 aliphatic heterocycles. The molecule has 8 heteroatoms. The third-order valence-corrected chi connectivity index (χ3v) is 5.83. The number of pyridine rings is 2. The number of ether oxygens (including phenoxy) is 2. The summed E-state index contributed by atoms with van der Waals surface area (Å²) in [6.45, 7) is 0.614. The number of aromatic amines is 1. The topological polar surface area (TPSA) is 98.7 Å². The Labute approximate surface area is 212 Å². The van der Waals surface area contributed by atoms with E-state index in [1.54, 1.807) is 6.08 Å². The first kappa shape index (κ1) is 22.4. The van der Waals surface area contributed by atoms with Crippen LogP contribution in [-0.4, -0.2) is 30.6 Å². The van der Waals surface area contributed by atoms with Gasteiger partial charge in [0.1, 0.15) is 13.2 Å². The molecule has 0 spiro atoms. The fourth-order valence-electron chi connectivity index (χ4n) is 3.95. The van der Waals surface area contributed by atoms with Crippen molar-refractivity contribution in [2.75, 3.05) is 0 Å². The number of H-pyrrole nitrogens is 1. The van der Waals surface area contributed by atoms with Crippen molar-refractivity contribution in [3.8, 4) is 11.5 Å². The average molecular weight is 487 g/mol. The van der Waals surface area contributed by atoms with Crippen molar-refractivity contribution in [2.24, 2.45) is 0 Å². The number of fused-ring (bicyclic) bond motifs is 2. The number of nitrogens with zero attached hydrogens (tertiary/aromatic N) is 5. The summed E-state index contributed by atoms with van der Waals surface area (Å²) in [7, 11) is 0. The molecule has 3 aromatic heterocycles. The molecular formula is C29H22N6O2. The Balaban J connectivity index is 1.24. The van der Waals surface area contributed by atoms with Gasteiger partial charge < -0.3 is 9.47 Å². The van der Waals surface area contributed by atoms with Crippen molar-refractivity contribution in [1.29, 1.82) is 0 Å². The van der Waals surface area contributed by atoms with Crippen LogP contribution in [0.1, 0.15) is 22.8 Å². The number of tetrazole rings is 1. The van der Waals surface area contributed by atoms with E-state index in [0.717, 1.165) is 38.8 Å². The Kier molecular flexibility index (Phi) is 6.19. The molecular weight excluding hydrogens is 464 g/mol. The highest BCUT2D eigenvalue weighted by atomic mass is 16.5. The molecule has 0 radical (unpaired) electrons. The Hall–Kier alpha value is -5.11. The highest BCUT2D eigenvalue weighted by Gasteiger charge is 2.09. The van der Waals surface area contributed by atoms with Gasteiger partial charge in [0.15, 0.2) is 17.3 Å². The van der Waals surface area contributed by atoms with Gasteiger partial charge >= 0.3 is 0 Å². The average Bonchev–Trinajstić information content (AvgIpc) is 3.48. The molecule has 3 heterocycles. The largest absolute Gasteiger partial charge is 0.483 e. The smallest absolute Gasteiger partial charge is 0.172 e. The van der Waals surface area contributed by atoms with Gasteiger partial charge in [-0.25, -0.2) is 15.1 Å². The van der Waals surface area contributed by atoms with Crippen LogP contribution in [0, 0.1) is 0 Å². The van der Waals surface area contributed by atoms with E-state index >= 15 is 0 Å². The fraction of sp³-hybridized carbons (Fsp3) is 0.0690. The quantitative estimate of drug-likeness (QED) is 0.298. The third kappa shape index (κ3) is 5.28. The second kappa shape index (κ2) is 10.2. The Morgan fingerprint density at radius 3 is 1.95 bits per heavy atom. The van der Waals surface area contributed by atoms with Crippen molar-refractivity contribution in [3.05, 3.63) is 114 Å². The number of benzene rings is 3. The van der Waals surface area contributed by atoms with Crippen LogP contribution in [0.4, 0.5) is 0 Å². The van der Waals surface area contributed by atoms with Crippen molar-refractivity contribution < 1.29 is 9.47 Å². The van der Waals surface area contributed by atoms with Crippen LogP contribution in [0.5, 0.6) is 11.5 Å². The monoisotopic (exact) mass is 486 g/mol. The maximum atomic E-state index is 6.22. The van der Waals surface area contributed by atoms with Crippen LogP contribution in [0.3, 0.4) is 0 Å². The summed E-state index contributed by atoms with van der Waals surface area (Å²) >= 11 is 0. The zero-order valence-electron chi connectivity index (χ0n) is 19.8. The van der Waals surface area contributed by atoms with Gasteiger partial charge in [0.2, 0.25) is 0 Å². The Bertz CT molecular complexity index is 1700. The molecule has 0 atom stereocenters. The van der Waals surface area contributed by atoms with E-state index in [0.29, 0.717) is 30.5 Å². The number of para-hydroxylation sites is 2. The van der Waals surface area contributed by atoms with Gasteiger partial charge in [0.05, 0.1) is 22.4 Å². The number of aromatic nitrogens is 6. The molecule has 1 N–H and O–H groups in total. The highest BCUT2D eigenvalue weighted by Crippen LogP contribution is 2.31. The molecule has 0 aliphatic rings. The minimum absolute atomic E-state index is 0.300. The Morgan fingerprint density at radius 2 is 1.30 bits per heavy atom. The van der Waals surface area contributed by atoms with Gasteiger partial charge in [-0.15, -0.1) is 5.10 Å². The summed E-state index contributed by atoms with van der Waals surface area (Å²) in [6.07, 6.45) is 3.70. The minimum Gasteiger partial charge on any atom is -0.483 e. The molecule has 0 saturated heterocycles. The van der Waals surface area contributed by atoms with E-state index in [-0.39, 0.29) is 0 Å². The van der Waals surface area contributed by atoms with E-state index < -0.39 is 0 Å². The van der Waals surface area contributed by atoms with Gasteiger partial charge in [-0.1, -0.05) is 60.7 Å². The van der Waals surface area contributed by atoms with E-state index in [2.05, 4.69) is 32.8 Å². The minimum atomic E-state index is 0.300. The number of hydrogen-bond acceptors (Lipinski definition) is 7. The summed E-state index contributed by atoms with van der Waals surface area (Å²) < 4.78 is 12.4. The highest BCUT2D eigenvalue weighted by molar-refractivity contribution is 5.79. The number of nitrogens with one attached hydrogen (secondary N) is 1. The first-order valence-electron chi connectivity index (χ1n) is 11.8. The number of hydrogen-bond donors (Lipinski definition) is 1. The van der Waals surface area contributed by atoms with Crippen LogP contribution in [0.25, 0.3) is 34.0 Å². The molecule has 0 fully saturated rings. The van der Waals surface area contributed by atoms with E-state index in [4.69, 9.17) is 19.4 Å². The van der Waals surface area contributed by atoms with Crippen LogP contribution in [0.15, 0.2) is 91.0 Å². The van der Waals surface area contributed by atoms with Gasteiger partial charge in [-0.3, -0.25) is 0 Å². The molecule has 6 aromatic rings. The lowest BCUT2D eigenvalue weighted by molar-refractivity contribution is 0.252. The summed E-state index contributed by atoms with van der Waals surface area (Å²) in [5, 5.41) is 16.0. The van der Waals surface area contributed by atoms with Gasteiger partial charge in [0, 0.05) is 10.8 Å². The summed E-state index contributed by atoms with van der Waals surface area (Å²) in [5.74, 6) is 1.79. The second-order valence-corrected chi connectivity index (χ2v) is 8.39. The molecule has 0 bridgehead atoms. The van der Waals surface area contributed by atoms with Crippen molar-refractivity contribution in [3.63, 3.8) is 0 Å². The molecule has 3 aromatic carbocycles. The van der Waals surface area contributed by atoms with Crippen molar-refractivity contribution in [1.82, 2.24) is 30.6 Å².